The van der Waals surface area contributed by atoms with Gasteiger partial charge in [0.1, 0.15) is 0 Å². The fourth-order valence-corrected chi connectivity index (χ4v) is 0.335. The molecule has 0 bridgehead atoms. The van der Waals surface area contributed by atoms with Crippen molar-refractivity contribution < 1.29 is 4.79 Å². The lowest BCUT2D eigenvalue weighted by Gasteiger charge is -1.64. The van der Waals surface area contributed by atoms with Crippen LogP contribution in [-0.2, 0) is 16.6 Å². The first-order valence-corrected chi connectivity index (χ1v) is 3.22. The maximum Gasteiger partial charge on any atom is 0.214 e. The number of carbonyl (C=O) groups is 1. The van der Waals surface area contributed by atoms with Gasteiger partial charge in [0.15, 0.2) is 0 Å². The van der Waals surface area contributed by atoms with Crippen molar-refractivity contribution in [1.29, 1.82) is 0 Å². The van der Waals surface area contributed by atoms with Gasteiger partial charge in [-0.15, -0.1) is 0 Å². The molecule has 0 saturated heterocycles. The van der Waals surface area contributed by atoms with Gasteiger partial charge in [0.2, 0.25) is 5.52 Å². The first kappa shape index (κ1) is 5.93. The molecule has 0 aromatic rings. The van der Waals surface area contributed by atoms with Gasteiger partial charge < -0.3 is 0 Å². The second kappa shape index (κ2) is 3.13. The van der Waals surface area contributed by atoms with Crippen molar-refractivity contribution in [2.75, 3.05) is 0 Å². The molecule has 0 rings (SSSR count). The van der Waals surface area contributed by atoms with Crippen LogP contribution in [0.3, 0.4) is 0 Å². The van der Waals surface area contributed by atoms with Crippen molar-refractivity contribution in [2.24, 2.45) is 0 Å². The van der Waals surface area contributed by atoms with Crippen LogP contribution in [0.2, 0.25) is 0 Å². The molecule has 32 valence electrons. The van der Waals surface area contributed by atoms with Crippen molar-refractivity contribution >= 4 is 24.7 Å². The summed E-state index contributed by atoms with van der Waals surface area (Å²) in [4.78, 5) is 9.95. The van der Waals surface area contributed by atoms with Crippen molar-refractivity contribution in [3.63, 3.8) is 0 Å². The van der Waals surface area contributed by atoms with E-state index in [0.717, 1.165) is 0 Å². The van der Waals surface area contributed by atoms with Crippen LogP contribution in [-0.4, -0.2) is 5.52 Å². The summed E-state index contributed by atoms with van der Waals surface area (Å²) in [6.45, 7) is 3.21. The van der Waals surface area contributed by atoms with Crippen LogP contribution in [0, 0.1) is 0 Å². The van der Waals surface area contributed by atoms with E-state index in [4.69, 9.17) is 0 Å². The highest BCUT2D eigenvalue weighted by atomic mass is 32.4. The molecule has 3 heteroatoms. The van der Waals surface area contributed by atoms with E-state index in [1.165, 1.54) is 6.08 Å². The lowest BCUT2D eigenvalue weighted by Crippen LogP contribution is -1.69. The summed E-state index contributed by atoms with van der Waals surface area (Å²) in [5, 5.41) is 0. The van der Waals surface area contributed by atoms with Crippen molar-refractivity contribution in [3.05, 3.63) is 12.7 Å². The monoisotopic (exact) mass is 118 g/mol. The van der Waals surface area contributed by atoms with Crippen LogP contribution in [0.15, 0.2) is 12.7 Å². The highest BCUT2D eigenvalue weighted by Crippen LogP contribution is 1.91. The van der Waals surface area contributed by atoms with E-state index < -0.39 is 0 Å². The van der Waals surface area contributed by atoms with E-state index in [0.29, 0.717) is 7.36 Å². The average molecular weight is 118 g/mol. The Morgan fingerprint density at radius 2 is 2.50 bits per heavy atom. The Labute approximate surface area is 42.9 Å². The Bertz CT molecular complexity index is 78.8. The molecule has 0 aliphatic rings. The van der Waals surface area contributed by atoms with Crippen LogP contribution >= 0.6 is 7.36 Å². The number of allylic oxidation sites excluding steroid dienone is 1. The Kier molecular flexibility index (Phi) is 3.10. The van der Waals surface area contributed by atoms with Gasteiger partial charge in [-0.3, -0.25) is 4.79 Å². The molecule has 0 radical (unpaired) electrons. The van der Waals surface area contributed by atoms with Crippen LogP contribution in [0.1, 0.15) is 0 Å². The quantitative estimate of drug-likeness (QED) is 0.399. The molecular weight excluding hydrogens is 115 g/mol. The zero-order valence-corrected chi connectivity index (χ0v) is 4.76. The molecule has 1 nitrogen and oxygen atoms in total. The first-order chi connectivity index (χ1) is 2.81. The molecule has 0 amide bonds. The second-order valence-corrected chi connectivity index (χ2v) is 1.80. The molecule has 0 saturated carbocycles. The van der Waals surface area contributed by atoms with Crippen molar-refractivity contribution in [3.8, 4) is 0 Å². The van der Waals surface area contributed by atoms with Gasteiger partial charge in [-0.1, -0.05) is 6.58 Å². The predicted octanol–water partition coefficient (Wildman–Crippen LogP) is 1.11. The molecule has 0 aromatic heterocycles. The topological polar surface area (TPSA) is 17.1 Å². The standard InChI is InChI=1S/C3H3OPS/c1-2-3(4)5-6/h2H,1H2. The van der Waals surface area contributed by atoms with Crippen LogP contribution < -0.4 is 0 Å². The number of hydrogen-bond acceptors (Lipinski definition) is 2. The Morgan fingerprint density at radius 3 is 2.50 bits per heavy atom. The van der Waals surface area contributed by atoms with E-state index in [2.05, 4.69) is 18.4 Å². The summed E-state index contributed by atoms with van der Waals surface area (Å²) in [7, 11) is 0.355. The Hall–Kier alpha value is -0.0700. The maximum absolute atomic E-state index is 9.95. The molecule has 0 aliphatic heterocycles. The molecule has 0 aliphatic carbocycles. The number of hydrogen-bond donors (Lipinski definition) is 0. The van der Waals surface area contributed by atoms with Gasteiger partial charge in [-0.05, 0) is 17.9 Å². The molecule has 0 atom stereocenters. The third-order valence-electron chi connectivity index (χ3n) is 0.265. The zero-order chi connectivity index (χ0) is 4.99. The van der Waals surface area contributed by atoms with E-state index in [1.807, 2.05) is 0 Å². The summed E-state index contributed by atoms with van der Waals surface area (Å²) < 4.78 is 0. The fourth-order valence-electron chi connectivity index (χ4n) is 0.0373. The van der Waals surface area contributed by atoms with Gasteiger partial charge in [0.25, 0.3) is 0 Å². The number of carbonyl (C=O) groups excluding carboxylic acids is 1. The lowest BCUT2D eigenvalue weighted by molar-refractivity contribution is -0.107. The van der Waals surface area contributed by atoms with Crippen LogP contribution in [0.4, 0.5) is 0 Å². The van der Waals surface area contributed by atoms with Crippen LogP contribution in [0.5, 0.6) is 0 Å². The average Bonchev–Trinajstić information content (AvgIpc) is 1.65. The van der Waals surface area contributed by atoms with E-state index in [-0.39, 0.29) is 5.52 Å². The molecule has 0 aromatic carbocycles. The summed E-state index contributed by atoms with van der Waals surface area (Å²) in [6.07, 6.45) is 1.22. The van der Waals surface area contributed by atoms with Gasteiger partial charge in [0, 0.05) is 0 Å². The molecule has 0 N–H and O–H groups in total. The van der Waals surface area contributed by atoms with Gasteiger partial charge in [-0.2, -0.15) is 0 Å². The van der Waals surface area contributed by atoms with Crippen LogP contribution in [0.25, 0.3) is 0 Å². The fraction of sp³-hybridized carbons (Fsp3) is 0. The van der Waals surface area contributed by atoms with Gasteiger partial charge in [-0.25, -0.2) is 0 Å². The minimum Gasteiger partial charge on any atom is -0.284 e. The largest absolute Gasteiger partial charge is 0.284 e. The maximum atomic E-state index is 9.95. The third-order valence-corrected chi connectivity index (χ3v) is 1.17. The minimum absolute atomic E-state index is 0.106. The van der Waals surface area contributed by atoms with Crippen molar-refractivity contribution in [2.45, 2.75) is 0 Å². The molecule has 0 spiro atoms. The Morgan fingerprint density at radius 1 is 2.00 bits per heavy atom. The van der Waals surface area contributed by atoms with Gasteiger partial charge in [0.05, 0.1) is 7.36 Å². The molecule has 0 heterocycles. The van der Waals surface area contributed by atoms with E-state index in [1.54, 1.807) is 0 Å². The summed E-state index contributed by atoms with van der Waals surface area (Å²) in [5.74, 6) is 0. The Balaban J connectivity index is 3.52. The summed E-state index contributed by atoms with van der Waals surface area (Å²) in [5.41, 5.74) is -0.106. The highest BCUT2D eigenvalue weighted by molar-refractivity contribution is 8.03. The first-order valence-electron chi connectivity index (χ1n) is 1.31. The predicted molar refractivity (Wildman–Crippen MR) is 29.5 cm³/mol. The second-order valence-electron chi connectivity index (χ2n) is 0.634. The zero-order valence-electron chi connectivity index (χ0n) is 3.05. The normalized spacial score (nSPS) is 8.00. The molecule has 6 heavy (non-hydrogen) atoms. The molecular formula is C3H3OPS. The van der Waals surface area contributed by atoms with E-state index >= 15 is 0 Å². The summed E-state index contributed by atoms with van der Waals surface area (Å²) in [6, 6.07) is 0. The summed E-state index contributed by atoms with van der Waals surface area (Å²) >= 11 is 4.33. The molecule has 0 fully saturated rings. The molecule has 0 unspecified atom stereocenters. The van der Waals surface area contributed by atoms with E-state index in [9.17, 15) is 4.79 Å². The lowest BCUT2D eigenvalue weighted by atomic mass is 10.7. The highest BCUT2D eigenvalue weighted by Gasteiger charge is 1.79. The number of rotatable bonds is 2. The smallest absolute Gasteiger partial charge is 0.214 e. The third kappa shape index (κ3) is 2.18. The minimum atomic E-state index is -0.106. The van der Waals surface area contributed by atoms with Crippen molar-refractivity contribution in [1.82, 2.24) is 0 Å². The van der Waals surface area contributed by atoms with Gasteiger partial charge >= 0.3 is 0 Å². The SMILES string of the molecule is C=CC(=O)P=S.